The molecule has 3 aliphatic rings. The normalized spacial score (nSPS) is 19.0. The molecule has 7 rings (SSSR count). The number of methoxy groups -OCH3 is 1. The van der Waals surface area contributed by atoms with Crippen molar-refractivity contribution in [2.75, 3.05) is 56.6 Å². The summed E-state index contributed by atoms with van der Waals surface area (Å²) in [6.07, 6.45) is 2.88. The van der Waals surface area contributed by atoms with Gasteiger partial charge in [0.15, 0.2) is 0 Å². The number of nitrogens with two attached hydrogens (primary N) is 2. The van der Waals surface area contributed by atoms with Gasteiger partial charge in [0.2, 0.25) is 5.91 Å². The number of hydrogen-bond donors (Lipinski definition) is 4. The Bertz CT molecular complexity index is 2100. The Hall–Kier alpha value is -5.65. The maximum Gasteiger partial charge on any atom is 0.259 e. The van der Waals surface area contributed by atoms with Crippen molar-refractivity contribution >= 4 is 29.1 Å². The lowest BCUT2D eigenvalue weighted by molar-refractivity contribution is -0.116. The van der Waals surface area contributed by atoms with Crippen molar-refractivity contribution in [2.24, 2.45) is 17.4 Å². The lowest BCUT2D eigenvalue weighted by Gasteiger charge is -2.51. The van der Waals surface area contributed by atoms with E-state index in [1.165, 1.54) is 5.56 Å². The number of carbonyl (C=O) groups excluding carboxylic acids is 3. The first-order chi connectivity index (χ1) is 27.7. The Balaban J connectivity index is 1.42. The molecule has 1 atom stereocenters. The van der Waals surface area contributed by atoms with Crippen molar-refractivity contribution in [1.29, 1.82) is 0 Å². The summed E-state index contributed by atoms with van der Waals surface area (Å²) in [6.45, 7) is 8.98. The second-order valence-corrected chi connectivity index (χ2v) is 15.2. The Morgan fingerprint density at radius 1 is 0.807 bits per heavy atom. The molecule has 3 aliphatic heterocycles. The van der Waals surface area contributed by atoms with Crippen LogP contribution in [0.2, 0.25) is 0 Å². The van der Waals surface area contributed by atoms with Gasteiger partial charge >= 0.3 is 0 Å². The molecule has 0 spiro atoms. The van der Waals surface area contributed by atoms with Gasteiger partial charge in [-0.15, -0.1) is 0 Å². The van der Waals surface area contributed by atoms with E-state index in [2.05, 4.69) is 39.8 Å². The second-order valence-electron chi connectivity index (χ2n) is 15.2. The predicted molar refractivity (Wildman–Crippen MR) is 225 cm³/mol. The topological polar surface area (TPSA) is 146 Å². The first-order valence-electron chi connectivity index (χ1n) is 20.3. The number of rotatable bonds is 12. The number of piperidine rings is 2. The zero-order valence-corrected chi connectivity index (χ0v) is 33.3. The first-order valence-corrected chi connectivity index (χ1v) is 20.3. The number of nitrogens with one attached hydrogen (secondary N) is 2. The molecule has 4 aromatic rings. The monoisotopic (exact) mass is 769 g/mol. The van der Waals surface area contributed by atoms with E-state index in [4.69, 9.17) is 16.2 Å². The van der Waals surface area contributed by atoms with Gasteiger partial charge in [-0.25, -0.2) is 0 Å². The third-order valence-electron chi connectivity index (χ3n) is 12.2. The van der Waals surface area contributed by atoms with Crippen molar-refractivity contribution in [3.8, 4) is 5.75 Å². The van der Waals surface area contributed by atoms with Crippen molar-refractivity contribution in [1.82, 2.24) is 15.1 Å². The van der Waals surface area contributed by atoms with E-state index in [0.717, 1.165) is 64.0 Å². The van der Waals surface area contributed by atoms with Crippen LogP contribution in [0.1, 0.15) is 76.9 Å². The summed E-state index contributed by atoms with van der Waals surface area (Å²) in [7, 11) is 1.62. The maximum absolute atomic E-state index is 16.1. The zero-order chi connectivity index (χ0) is 40.1. The highest BCUT2D eigenvalue weighted by Crippen LogP contribution is 2.57. The molecule has 0 bridgehead atoms. The van der Waals surface area contributed by atoms with E-state index in [1.54, 1.807) is 18.1 Å². The van der Waals surface area contributed by atoms with Crippen LogP contribution in [0.15, 0.2) is 108 Å². The van der Waals surface area contributed by atoms with Crippen molar-refractivity contribution in [3.05, 3.63) is 136 Å². The number of ether oxygens (including phenoxy) is 1. The van der Waals surface area contributed by atoms with E-state index in [1.807, 2.05) is 85.5 Å². The van der Waals surface area contributed by atoms with Gasteiger partial charge in [-0.2, -0.15) is 0 Å². The van der Waals surface area contributed by atoms with Crippen molar-refractivity contribution < 1.29 is 19.1 Å². The third-order valence-corrected chi connectivity index (χ3v) is 12.2. The molecule has 0 aliphatic carbocycles. The van der Waals surface area contributed by atoms with Gasteiger partial charge in [-0.1, -0.05) is 60.7 Å². The molecule has 0 aromatic heterocycles. The molecule has 298 valence electrons. The zero-order valence-electron chi connectivity index (χ0n) is 33.3. The molecule has 11 nitrogen and oxygen atoms in total. The number of amides is 3. The second kappa shape index (κ2) is 17.2. The standard InChI is InChI=1S/C46H55N7O4/c1-4-52(5-2)44(55)32-18-20-34(21-19-32)53(35-22-26-49-27-23-35)45(56)40-42(47)50-41-38(16-11-17-39(41)57-3)46(40,37-15-10-9-14-36(37)43(48)54)33-24-28-51(29-25-33)30-31-12-7-6-8-13-31/h6-21,33,35,49-50H,4-5,22-30,47H2,1-3H3,(H2,48,54). The number of hydrogen-bond acceptors (Lipinski definition) is 8. The Morgan fingerprint density at radius 2 is 1.46 bits per heavy atom. The molecule has 2 saturated heterocycles. The molecular formula is C46H55N7O4. The van der Waals surface area contributed by atoms with Crippen molar-refractivity contribution in [3.63, 3.8) is 0 Å². The van der Waals surface area contributed by atoms with Crippen LogP contribution in [0.25, 0.3) is 0 Å². The van der Waals surface area contributed by atoms with E-state index in [9.17, 15) is 9.59 Å². The molecular weight excluding hydrogens is 715 g/mol. The smallest absolute Gasteiger partial charge is 0.259 e. The van der Waals surface area contributed by atoms with Gasteiger partial charge in [-0.05, 0) is 125 Å². The fourth-order valence-electron chi connectivity index (χ4n) is 9.46. The van der Waals surface area contributed by atoms with Crippen LogP contribution in [0, 0.1) is 5.92 Å². The molecule has 3 amide bonds. The highest BCUT2D eigenvalue weighted by Gasteiger charge is 2.55. The van der Waals surface area contributed by atoms with Crippen LogP contribution in [0.4, 0.5) is 11.4 Å². The average Bonchev–Trinajstić information content (AvgIpc) is 3.24. The minimum Gasteiger partial charge on any atom is -0.495 e. The molecule has 0 saturated carbocycles. The molecule has 6 N–H and O–H groups in total. The van der Waals surface area contributed by atoms with Crippen LogP contribution in [-0.2, 0) is 16.8 Å². The van der Waals surface area contributed by atoms with Gasteiger partial charge in [0, 0.05) is 42.5 Å². The number of carbonyl (C=O) groups is 3. The Morgan fingerprint density at radius 3 is 2.11 bits per heavy atom. The predicted octanol–water partition coefficient (Wildman–Crippen LogP) is 5.86. The Kier molecular flexibility index (Phi) is 12.0. The average molecular weight is 770 g/mol. The lowest BCUT2D eigenvalue weighted by Crippen LogP contribution is -2.55. The highest BCUT2D eigenvalue weighted by molar-refractivity contribution is 6.11. The van der Waals surface area contributed by atoms with E-state index in [-0.39, 0.29) is 29.6 Å². The SMILES string of the molecule is CCN(CC)C(=O)c1ccc(N(C(=O)C2=C(N)Nc3c(OC)cccc3C2(c2ccccc2C(N)=O)C2CCN(Cc3ccccc3)CC2)C2CCNCC2)cc1. The summed E-state index contributed by atoms with van der Waals surface area (Å²) in [6, 6.07) is 30.9. The molecule has 57 heavy (non-hydrogen) atoms. The molecule has 11 heteroatoms. The summed E-state index contributed by atoms with van der Waals surface area (Å²) in [5.74, 6) is -0.276. The van der Waals surface area contributed by atoms with Crippen LogP contribution in [0.5, 0.6) is 5.75 Å². The highest BCUT2D eigenvalue weighted by atomic mass is 16.5. The fraction of sp³-hybridized carbons (Fsp3) is 0.370. The summed E-state index contributed by atoms with van der Waals surface area (Å²) in [4.78, 5) is 49.1. The van der Waals surface area contributed by atoms with Crippen LogP contribution in [-0.4, -0.2) is 79.9 Å². The van der Waals surface area contributed by atoms with Gasteiger partial charge in [0.1, 0.15) is 11.6 Å². The number of likely N-dealkylation sites (tertiary alicyclic amines) is 1. The van der Waals surface area contributed by atoms with Crippen molar-refractivity contribution in [2.45, 2.75) is 57.5 Å². The molecule has 3 heterocycles. The van der Waals surface area contributed by atoms with E-state index >= 15 is 4.79 Å². The molecule has 1 unspecified atom stereocenters. The molecule has 4 aromatic carbocycles. The lowest BCUT2D eigenvalue weighted by atomic mass is 9.56. The Labute approximate surface area is 336 Å². The number of primary amides is 1. The fourth-order valence-corrected chi connectivity index (χ4v) is 9.46. The number of para-hydroxylation sites is 1. The van der Waals surface area contributed by atoms with E-state index < -0.39 is 11.3 Å². The first kappa shape index (κ1) is 39.6. The number of nitrogens with zero attached hydrogens (tertiary/aromatic N) is 3. The minimum absolute atomic E-state index is 0.0547. The maximum atomic E-state index is 16.1. The molecule has 2 fully saturated rings. The molecule has 0 radical (unpaired) electrons. The summed E-state index contributed by atoms with van der Waals surface area (Å²) >= 11 is 0. The van der Waals surface area contributed by atoms with Gasteiger partial charge in [0.25, 0.3) is 11.8 Å². The summed E-state index contributed by atoms with van der Waals surface area (Å²) in [5.41, 5.74) is 17.6. The summed E-state index contributed by atoms with van der Waals surface area (Å²) < 4.78 is 5.94. The van der Waals surface area contributed by atoms with Gasteiger partial charge < -0.3 is 36.6 Å². The van der Waals surface area contributed by atoms with E-state index in [0.29, 0.717) is 52.5 Å². The van der Waals surface area contributed by atoms with Gasteiger partial charge in [0.05, 0.1) is 23.8 Å². The largest absolute Gasteiger partial charge is 0.495 e. The number of fused-ring (bicyclic) bond motifs is 1. The number of benzene rings is 4. The number of anilines is 2. The van der Waals surface area contributed by atoms with Crippen LogP contribution >= 0.6 is 0 Å². The van der Waals surface area contributed by atoms with Crippen LogP contribution < -0.4 is 31.7 Å². The summed E-state index contributed by atoms with van der Waals surface area (Å²) in [5, 5.41) is 6.87. The van der Waals surface area contributed by atoms with Crippen LogP contribution in [0.3, 0.4) is 0 Å². The third kappa shape index (κ3) is 7.49. The quantitative estimate of drug-likeness (QED) is 0.140. The van der Waals surface area contributed by atoms with Gasteiger partial charge in [-0.3, -0.25) is 19.3 Å². The minimum atomic E-state index is -1.20.